The zero-order chi connectivity index (χ0) is 12.7. The average molecular weight is 244 g/mol. The Morgan fingerprint density at radius 2 is 1.94 bits per heavy atom. The lowest BCUT2D eigenvalue weighted by Gasteiger charge is -2.15. The van der Waals surface area contributed by atoms with E-state index in [4.69, 9.17) is 0 Å². The molecule has 1 N–H and O–H groups in total. The minimum Gasteiger partial charge on any atom is -0.396 e. The molecule has 0 bridgehead atoms. The molecule has 1 aromatic rings. The average Bonchev–Trinajstić information content (AvgIpc) is 3.00. The molecule has 0 saturated heterocycles. The van der Waals surface area contributed by atoms with E-state index < -0.39 is 11.7 Å². The van der Waals surface area contributed by atoms with Gasteiger partial charge in [-0.1, -0.05) is 6.07 Å². The van der Waals surface area contributed by atoms with Crippen molar-refractivity contribution in [2.45, 2.75) is 32.4 Å². The van der Waals surface area contributed by atoms with Crippen LogP contribution in [0.4, 0.5) is 13.2 Å². The number of hydrogen-bond donors (Lipinski definition) is 1. The molecule has 0 atom stereocenters. The number of aliphatic hydroxyl groups excluding tert-OH is 1. The van der Waals surface area contributed by atoms with Gasteiger partial charge in [0.05, 0.1) is 5.56 Å². The molecule has 0 heterocycles. The summed E-state index contributed by atoms with van der Waals surface area (Å²) in [6, 6.07) is 3.84. The summed E-state index contributed by atoms with van der Waals surface area (Å²) in [6.07, 6.45) is -1.68. The maximum atomic E-state index is 12.5. The lowest BCUT2D eigenvalue weighted by Crippen LogP contribution is -2.12. The van der Waals surface area contributed by atoms with E-state index in [9.17, 15) is 18.3 Å². The molecule has 1 fully saturated rings. The van der Waals surface area contributed by atoms with Crippen molar-refractivity contribution in [2.75, 3.05) is 6.61 Å². The number of alkyl halides is 3. The Morgan fingerprint density at radius 1 is 1.29 bits per heavy atom. The van der Waals surface area contributed by atoms with E-state index in [1.54, 1.807) is 6.92 Å². The SMILES string of the molecule is Cc1cc(C(F)(F)F)ccc1CC1(CO)CC1. The summed E-state index contributed by atoms with van der Waals surface area (Å²) in [5, 5.41) is 9.21. The first kappa shape index (κ1) is 12.4. The predicted molar refractivity (Wildman–Crippen MR) is 58.6 cm³/mol. The summed E-state index contributed by atoms with van der Waals surface area (Å²) in [5.41, 5.74) is 0.890. The third-order valence-corrected chi connectivity index (χ3v) is 3.53. The lowest BCUT2D eigenvalue weighted by molar-refractivity contribution is -0.137. The van der Waals surface area contributed by atoms with Gasteiger partial charge in [-0.05, 0) is 54.9 Å². The van der Waals surface area contributed by atoms with Crippen LogP contribution in [0, 0.1) is 12.3 Å². The van der Waals surface area contributed by atoms with Crippen molar-refractivity contribution in [2.24, 2.45) is 5.41 Å². The highest BCUT2D eigenvalue weighted by atomic mass is 19.4. The summed E-state index contributed by atoms with van der Waals surface area (Å²) in [6.45, 7) is 1.81. The summed E-state index contributed by atoms with van der Waals surface area (Å²) in [5.74, 6) is 0. The van der Waals surface area contributed by atoms with E-state index in [0.29, 0.717) is 12.0 Å². The van der Waals surface area contributed by atoms with E-state index in [1.807, 2.05) is 0 Å². The van der Waals surface area contributed by atoms with Gasteiger partial charge in [-0.25, -0.2) is 0 Å². The van der Waals surface area contributed by atoms with Gasteiger partial charge in [-0.2, -0.15) is 13.2 Å². The Balaban J connectivity index is 2.20. The first-order valence-electron chi connectivity index (χ1n) is 5.64. The fraction of sp³-hybridized carbons (Fsp3) is 0.538. The third-order valence-electron chi connectivity index (χ3n) is 3.53. The van der Waals surface area contributed by atoms with Gasteiger partial charge in [0.15, 0.2) is 0 Å². The van der Waals surface area contributed by atoms with Crippen LogP contribution in [0.3, 0.4) is 0 Å². The second-order valence-electron chi connectivity index (χ2n) is 4.97. The zero-order valence-corrected chi connectivity index (χ0v) is 9.64. The van der Waals surface area contributed by atoms with Gasteiger partial charge in [-0.3, -0.25) is 0 Å². The molecule has 1 aromatic carbocycles. The van der Waals surface area contributed by atoms with Crippen LogP contribution in [-0.4, -0.2) is 11.7 Å². The second-order valence-corrected chi connectivity index (χ2v) is 4.97. The molecule has 1 aliphatic rings. The van der Waals surface area contributed by atoms with Crippen molar-refractivity contribution >= 4 is 0 Å². The Hall–Kier alpha value is -1.03. The van der Waals surface area contributed by atoms with E-state index >= 15 is 0 Å². The molecule has 0 unspecified atom stereocenters. The van der Waals surface area contributed by atoms with Crippen molar-refractivity contribution < 1.29 is 18.3 Å². The number of aryl methyl sites for hydroxylation is 1. The van der Waals surface area contributed by atoms with Gasteiger partial charge in [0, 0.05) is 6.61 Å². The fourth-order valence-electron chi connectivity index (χ4n) is 2.04. The number of aliphatic hydroxyl groups is 1. The van der Waals surface area contributed by atoms with Crippen molar-refractivity contribution in [3.05, 3.63) is 34.9 Å². The zero-order valence-electron chi connectivity index (χ0n) is 9.64. The Morgan fingerprint density at radius 3 is 2.35 bits per heavy atom. The molecule has 2 rings (SSSR count). The normalized spacial score (nSPS) is 18.2. The van der Waals surface area contributed by atoms with Gasteiger partial charge in [-0.15, -0.1) is 0 Å². The minimum absolute atomic E-state index is 0.0650. The molecule has 0 radical (unpaired) electrons. The monoisotopic (exact) mass is 244 g/mol. The molecule has 1 nitrogen and oxygen atoms in total. The van der Waals surface area contributed by atoms with Crippen molar-refractivity contribution in [3.63, 3.8) is 0 Å². The minimum atomic E-state index is -4.28. The lowest BCUT2D eigenvalue weighted by atomic mass is 9.93. The van der Waals surface area contributed by atoms with E-state index in [-0.39, 0.29) is 12.0 Å². The standard InChI is InChI=1S/C13H15F3O/c1-9-6-11(13(14,15)16)3-2-10(9)7-12(8-17)4-5-12/h2-3,6,17H,4-5,7-8H2,1H3. The highest BCUT2D eigenvalue weighted by Crippen LogP contribution is 2.48. The van der Waals surface area contributed by atoms with E-state index in [1.165, 1.54) is 12.1 Å². The number of rotatable bonds is 3. The van der Waals surface area contributed by atoms with Crippen LogP contribution in [-0.2, 0) is 12.6 Å². The van der Waals surface area contributed by atoms with Crippen molar-refractivity contribution in [3.8, 4) is 0 Å². The Kier molecular flexibility index (Phi) is 2.94. The molecular formula is C13H15F3O. The molecule has 0 aliphatic heterocycles. The molecule has 1 aliphatic carbocycles. The summed E-state index contributed by atoms with van der Waals surface area (Å²) in [7, 11) is 0. The van der Waals surface area contributed by atoms with Crippen LogP contribution < -0.4 is 0 Å². The maximum absolute atomic E-state index is 12.5. The van der Waals surface area contributed by atoms with Crippen LogP contribution in [0.15, 0.2) is 18.2 Å². The summed E-state index contributed by atoms with van der Waals surface area (Å²) < 4.78 is 37.4. The van der Waals surface area contributed by atoms with Crippen LogP contribution in [0.2, 0.25) is 0 Å². The quantitative estimate of drug-likeness (QED) is 0.864. The van der Waals surface area contributed by atoms with Crippen molar-refractivity contribution in [1.29, 1.82) is 0 Å². The number of halogens is 3. The number of hydrogen-bond acceptors (Lipinski definition) is 1. The van der Waals surface area contributed by atoms with Crippen LogP contribution in [0.1, 0.15) is 29.5 Å². The molecule has 0 amide bonds. The molecule has 1 saturated carbocycles. The van der Waals surface area contributed by atoms with Gasteiger partial charge >= 0.3 is 6.18 Å². The van der Waals surface area contributed by atoms with E-state index in [2.05, 4.69) is 0 Å². The largest absolute Gasteiger partial charge is 0.416 e. The highest BCUT2D eigenvalue weighted by Gasteiger charge is 2.42. The van der Waals surface area contributed by atoms with Crippen molar-refractivity contribution in [1.82, 2.24) is 0 Å². The van der Waals surface area contributed by atoms with E-state index in [0.717, 1.165) is 24.5 Å². The van der Waals surface area contributed by atoms with Crippen LogP contribution >= 0.6 is 0 Å². The number of benzene rings is 1. The fourth-order valence-corrected chi connectivity index (χ4v) is 2.04. The molecule has 94 valence electrons. The maximum Gasteiger partial charge on any atom is 0.416 e. The highest BCUT2D eigenvalue weighted by molar-refractivity contribution is 5.34. The third kappa shape index (κ3) is 2.63. The first-order chi connectivity index (χ1) is 7.86. The van der Waals surface area contributed by atoms with Crippen LogP contribution in [0.5, 0.6) is 0 Å². The summed E-state index contributed by atoms with van der Waals surface area (Å²) in [4.78, 5) is 0. The Bertz CT molecular complexity index is 419. The smallest absolute Gasteiger partial charge is 0.396 e. The second kappa shape index (κ2) is 4.02. The molecule has 0 aromatic heterocycles. The van der Waals surface area contributed by atoms with Crippen LogP contribution in [0.25, 0.3) is 0 Å². The Labute approximate surface area is 98.3 Å². The molecular weight excluding hydrogens is 229 g/mol. The summed E-state index contributed by atoms with van der Waals surface area (Å²) >= 11 is 0. The molecule has 0 spiro atoms. The van der Waals surface area contributed by atoms with Gasteiger partial charge in [0.25, 0.3) is 0 Å². The predicted octanol–water partition coefficient (Wildman–Crippen LogP) is 3.33. The first-order valence-corrected chi connectivity index (χ1v) is 5.64. The topological polar surface area (TPSA) is 20.2 Å². The molecule has 17 heavy (non-hydrogen) atoms. The molecule has 4 heteroatoms. The van der Waals surface area contributed by atoms with Gasteiger partial charge in [0.2, 0.25) is 0 Å². The van der Waals surface area contributed by atoms with Gasteiger partial charge in [0.1, 0.15) is 0 Å². The van der Waals surface area contributed by atoms with Gasteiger partial charge < -0.3 is 5.11 Å².